The molecule has 0 aromatic rings. The number of amides is 1. The Morgan fingerprint density at radius 1 is 1.47 bits per heavy atom. The second kappa shape index (κ2) is 7.16. The van der Waals surface area contributed by atoms with Crippen molar-refractivity contribution < 1.29 is 19.4 Å². The minimum Gasteiger partial charge on any atom is -0.480 e. The summed E-state index contributed by atoms with van der Waals surface area (Å²) in [7, 11) is 0. The number of aliphatic carboxylic acids is 1. The van der Waals surface area contributed by atoms with Gasteiger partial charge < -0.3 is 15.2 Å². The van der Waals surface area contributed by atoms with Gasteiger partial charge in [-0.3, -0.25) is 0 Å². The molecule has 0 heterocycles. The van der Waals surface area contributed by atoms with Crippen LogP contribution < -0.4 is 5.32 Å². The van der Waals surface area contributed by atoms with Gasteiger partial charge in [0.25, 0.3) is 0 Å². The summed E-state index contributed by atoms with van der Waals surface area (Å²) in [5.74, 6) is -0.424. The average Bonchev–Trinajstić information content (AvgIpc) is 2.59. The lowest BCUT2D eigenvalue weighted by Gasteiger charge is -2.28. The largest absolute Gasteiger partial charge is 0.480 e. The van der Waals surface area contributed by atoms with E-state index >= 15 is 0 Å². The fourth-order valence-corrected chi connectivity index (χ4v) is 2.58. The number of rotatable bonds is 5. The topological polar surface area (TPSA) is 75.6 Å². The van der Waals surface area contributed by atoms with Crippen molar-refractivity contribution in [3.05, 3.63) is 12.7 Å². The lowest BCUT2D eigenvalue weighted by atomic mass is 9.89. The Hall–Kier alpha value is -1.52. The summed E-state index contributed by atoms with van der Waals surface area (Å²) in [4.78, 5) is 23.1. The molecule has 0 aromatic heterocycles. The third kappa shape index (κ3) is 4.26. The van der Waals surface area contributed by atoms with E-state index in [9.17, 15) is 14.7 Å². The summed E-state index contributed by atoms with van der Waals surface area (Å²) in [6, 6.07) is 0. The highest BCUT2D eigenvalue weighted by Gasteiger charge is 2.41. The minimum absolute atomic E-state index is 0.0825. The van der Waals surface area contributed by atoms with Gasteiger partial charge in [-0.15, -0.1) is 0 Å². The average molecular weight is 269 g/mol. The van der Waals surface area contributed by atoms with Gasteiger partial charge in [0, 0.05) is 0 Å². The van der Waals surface area contributed by atoms with E-state index in [1.165, 1.54) is 6.08 Å². The maximum absolute atomic E-state index is 11.6. The Bertz CT molecular complexity index is 342. The molecule has 0 spiro atoms. The maximum Gasteiger partial charge on any atom is 0.408 e. The highest BCUT2D eigenvalue weighted by Crippen LogP contribution is 2.32. The van der Waals surface area contributed by atoms with Crippen molar-refractivity contribution >= 4 is 12.1 Å². The molecule has 0 saturated heterocycles. The van der Waals surface area contributed by atoms with Crippen molar-refractivity contribution in [1.29, 1.82) is 0 Å². The zero-order chi connectivity index (χ0) is 14.3. The van der Waals surface area contributed by atoms with E-state index in [1.807, 2.05) is 0 Å². The van der Waals surface area contributed by atoms with Crippen LogP contribution in [-0.2, 0) is 9.53 Å². The van der Waals surface area contributed by atoms with Crippen LogP contribution in [0, 0.1) is 5.92 Å². The van der Waals surface area contributed by atoms with E-state index in [1.54, 1.807) is 0 Å². The van der Waals surface area contributed by atoms with E-state index in [-0.39, 0.29) is 6.61 Å². The van der Waals surface area contributed by atoms with Gasteiger partial charge in [-0.1, -0.05) is 38.8 Å². The first kappa shape index (κ1) is 15.5. The molecular formula is C14H23NO4. The van der Waals surface area contributed by atoms with Crippen LogP contribution in [0.3, 0.4) is 0 Å². The van der Waals surface area contributed by atoms with Crippen LogP contribution in [-0.4, -0.2) is 29.3 Å². The number of carbonyl (C=O) groups excluding carboxylic acids is 1. The van der Waals surface area contributed by atoms with Gasteiger partial charge in [-0.2, -0.15) is 0 Å². The van der Waals surface area contributed by atoms with Crippen LogP contribution in [0.5, 0.6) is 0 Å². The van der Waals surface area contributed by atoms with Gasteiger partial charge in [0.15, 0.2) is 0 Å². The van der Waals surface area contributed by atoms with E-state index in [0.29, 0.717) is 18.8 Å². The van der Waals surface area contributed by atoms with E-state index in [0.717, 1.165) is 25.7 Å². The molecule has 2 unspecified atom stereocenters. The minimum atomic E-state index is -1.18. The Labute approximate surface area is 114 Å². The van der Waals surface area contributed by atoms with E-state index < -0.39 is 17.6 Å². The molecule has 1 saturated carbocycles. The summed E-state index contributed by atoms with van der Waals surface area (Å²) in [6.07, 6.45) is 5.40. The monoisotopic (exact) mass is 269 g/mol. The van der Waals surface area contributed by atoms with Crippen molar-refractivity contribution in [2.24, 2.45) is 5.92 Å². The number of carboxylic acid groups (broad SMARTS) is 1. The smallest absolute Gasteiger partial charge is 0.408 e. The molecule has 2 atom stereocenters. The second-order valence-corrected chi connectivity index (χ2v) is 5.10. The van der Waals surface area contributed by atoms with Crippen LogP contribution in [0.15, 0.2) is 12.7 Å². The zero-order valence-corrected chi connectivity index (χ0v) is 11.5. The fraction of sp³-hybridized carbons (Fsp3) is 0.714. The quantitative estimate of drug-likeness (QED) is 0.594. The normalized spacial score (nSPS) is 27.1. The number of hydrogen-bond donors (Lipinski definition) is 2. The fourth-order valence-electron chi connectivity index (χ4n) is 2.58. The molecule has 0 bridgehead atoms. The van der Waals surface area contributed by atoms with Gasteiger partial charge in [-0.25, -0.2) is 9.59 Å². The lowest BCUT2D eigenvalue weighted by molar-refractivity contribution is -0.145. The molecule has 1 rings (SSSR count). The predicted molar refractivity (Wildman–Crippen MR) is 71.9 cm³/mol. The van der Waals surface area contributed by atoms with E-state index in [4.69, 9.17) is 4.74 Å². The summed E-state index contributed by atoms with van der Waals surface area (Å²) in [5, 5.41) is 12.0. The predicted octanol–water partition coefficient (Wildman–Crippen LogP) is 2.71. The molecule has 1 amide bonds. The number of ether oxygens (including phenoxy) is 1. The van der Waals surface area contributed by atoms with Gasteiger partial charge in [-0.05, 0) is 25.2 Å². The SMILES string of the molecule is C=CCOC(=O)NC1(C(=O)O)CCCC(CC)CC1. The molecule has 1 fully saturated rings. The molecule has 5 nitrogen and oxygen atoms in total. The number of alkyl carbamates (subject to hydrolysis) is 1. The molecular weight excluding hydrogens is 246 g/mol. The van der Waals surface area contributed by atoms with Gasteiger partial charge in [0.1, 0.15) is 12.1 Å². The first-order valence-electron chi connectivity index (χ1n) is 6.83. The van der Waals surface area contributed by atoms with E-state index in [2.05, 4.69) is 18.8 Å². The molecule has 1 aliphatic rings. The van der Waals surface area contributed by atoms with Crippen molar-refractivity contribution in [2.45, 2.75) is 51.0 Å². The number of nitrogens with one attached hydrogen (secondary N) is 1. The number of carbonyl (C=O) groups is 2. The molecule has 1 aliphatic carbocycles. The molecule has 19 heavy (non-hydrogen) atoms. The Morgan fingerprint density at radius 2 is 2.21 bits per heavy atom. The van der Waals surface area contributed by atoms with Crippen molar-refractivity contribution in [3.63, 3.8) is 0 Å². The van der Waals surface area contributed by atoms with Crippen molar-refractivity contribution in [1.82, 2.24) is 5.32 Å². The molecule has 108 valence electrons. The molecule has 0 radical (unpaired) electrons. The van der Waals surface area contributed by atoms with Crippen LogP contribution in [0.25, 0.3) is 0 Å². The molecule has 2 N–H and O–H groups in total. The Balaban J connectivity index is 2.71. The highest BCUT2D eigenvalue weighted by molar-refractivity contribution is 5.84. The van der Waals surface area contributed by atoms with Gasteiger partial charge >= 0.3 is 12.1 Å². The third-order valence-corrected chi connectivity index (χ3v) is 3.86. The third-order valence-electron chi connectivity index (χ3n) is 3.86. The maximum atomic E-state index is 11.6. The number of hydrogen-bond acceptors (Lipinski definition) is 3. The zero-order valence-electron chi connectivity index (χ0n) is 11.5. The summed E-state index contributed by atoms with van der Waals surface area (Å²) >= 11 is 0. The first-order valence-corrected chi connectivity index (χ1v) is 6.83. The van der Waals surface area contributed by atoms with Gasteiger partial charge in [0.2, 0.25) is 0 Å². The Kier molecular flexibility index (Phi) is 5.86. The van der Waals surface area contributed by atoms with Crippen LogP contribution in [0.2, 0.25) is 0 Å². The summed E-state index contributed by atoms with van der Waals surface area (Å²) in [5.41, 5.74) is -1.18. The first-order chi connectivity index (χ1) is 9.04. The number of carboxylic acids is 1. The Morgan fingerprint density at radius 3 is 2.79 bits per heavy atom. The molecule has 0 aromatic carbocycles. The summed E-state index contributed by atoms with van der Waals surface area (Å²) < 4.78 is 4.83. The highest BCUT2D eigenvalue weighted by atomic mass is 16.5. The molecule has 5 heteroatoms. The van der Waals surface area contributed by atoms with Gasteiger partial charge in [0.05, 0.1) is 0 Å². The lowest BCUT2D eigenvalue weighted by Crippen LogP contribution is -2.54. The second-order valence-electron chi connectivity index (χ2n) is 5.10. The van der Waals surface area contributed by atoms with Crippen molar-refractivity contribution in [2.75, 3.05) is 6.61 Å². The van der Waals surface area contributed by atoms with Crippen LogP contribution in [0.1, 0.15) is 45.4 Å². The van der Waals surface area contributed by atoms with Crippen molar-refractivity contribution in [3.8, 4) is 0 Å². The van der Waals surface area contributed by atoms with Crippen LogP contribution in [0.4, 0.5) is 4.79 Å². The van der Waals surface area contributed by atoms with Crippen LogP contribution >= 0.6 is 0 Å². The summed E-state index contributed by atoms with van der Waals surface area (Å²) in [6.45, 7) is 5.64. The molecule has 0 aliphatic heterocycles. The standard InChI is InChI=1S/C14H23NO4/c1-3-10-19-13(18)15-14(12(16)17)8-5-6-11(4-2)7-9-14/h3,11H,1,4-10H2,2H3,(H,15,18)(H,16,17).